The molecule has 0 amide bonds. The van der Waals surface area contributed by atoms with E-state index < -0.39 is 10.2 Å². The molecule has 31 heavy (non-hydrogen) atoms. The predicted molar refractivity (Wildman–Crippen MR) is 123 cm³/mol. The summed E-state index contributed by atoms with van der Waals surface area (Å²) in [5, 5.41) is 0. The van der Waals surface area contributed by atoms with Gasteiger partial charge in [-0.05, 0) is 38.5 Å². The molecule has 0 unspecified atom stereocenters. The molecule has 0 aromatic rings. The maximum absolute atomic E-state index is 8.60. The first-order valence-corrected chi connectivity index (χ1v) is 14.4. The highest BCUT2D eigenvalue weighted by molar-refractivity contribution is 4.51. The Labute approximate surface area is 196 Å². The van der Waals surface area contributed by atoms with Gasteiger partial charge in [-0.15, -0.1) is 0 Å². The van der Waals surface area contributed by atoms with Crippen LogP contribution in [0.2, 0.25) is 0 Å². The number of hydrogen-bond donors (Lipinski definition) is 1. The minimum absolute atomic E-state index is 1.36. The van der Waals surface area contributed by atoms with E-state index in [1.54, 1.807) is 0 Å². The van der Waals surface area contributed by atoms with Crippen molar-refractivity contribution in [3.63, 3.8) is 0 Å². The Balaban J connectivity index is 0. The van der Waals surface area contributed by atoms with E-state index in [1.807, 2.05) is 0 Å². The molecular weight excluding hydrogens is 414 g/mol. The zero-order chi connectivity index (χ0) is 23.8. The second-order valence-corrected chi connectivity index (χ2v) is 10.3. The van der Waals surface area contributed by atoms with E-state index in [2.05, 4.69) is 27.8 Å². The number of hydrogen-bond acceptors (Lipinski definition) is 4. The number of rotatable bonds is 21. The van der Waals surface area contributed by atoms with Crippen LogP contribution >= 0.6 is 0 Å². The highest BCUT2D eigenvalue weighted by Crippen LogP contribution is 2.16. The van der Waals surface area contributed by atoms with Crippen molar-refractivity contribution in [3.8, 4) is 0 Å². The number of nitrogens with zero attached hydrogens (tertiary/aromatic N) is 1. The smallest absolute Gasteiger partial charge is 0.0784 e. The summed E-state index contributed by atoms with van der Waals surface area (Å²) in [4.78, 5) is 0. The van der Waals surface area contributed by atoms with Gasteiger partial charge >= 0.3 is 0 Å². The van der Waals surface area contributed by atoms with Crippen LogP contribution in [0.25, 0.3) is 0 Å². The summed E-state index contributed by atoms with van der Waals surface area (Å²) in [6.45, 7) is 11.2. The molecule has 0 fully saturated rings. The van der Waals surface area contributed by atoms with Crippen LogP contribution in [-0.4, -0.2) is 35.8 Å². The van der Waals surface area contributed by atoms with E-state index in [9.17, 15) is 0 Å². The second kappa shape index (κ2) is 23.3. The van der Waals surface area contributed by atoms with Crippen molar-refractivity contribution < 1.29 is 33.4 Å². The van der Waals surface area contributed by atoms with Gasteiger partial charge in [0.2, 0.25) is 0 Å². The molecule has 0 aromatic carbocycles. The Morgan fingerprint density at radius 1 is 0.484 bits per heavy atom. The van der Waals surface area contributed by atoms with Crippen LogP contribution in [0.4, 0.5) is 0 Å². The standard InChI is InChI=1S/C25H54N.ClHO4/c1-5-8-11-14-17-20-23-26(4,24-21-18-15-12-9-6-2)25-22-19-16-13-10-7-3;2-1(3,4)5/h5-25H2,1-4H3;(H,2,3,4,5)/q+1;. The molecular formula is C25H55ClNO4+. The highest BCUT2D eigenvalue weighted by Gasteiger charge is 2.20. The SMILES string of the molecule is CCCCCCCC[N+](C)(CCCCCCCC)CCCCCCCC.[O-][Cl+3]([O-])([O-])O. The van der Waals surface area contributed by atoms with E-state index >= 15 is 0 Å². The monoisotopic (exact) mass is 468 g/mol. The Morgan fingerprint density at radius 2 is 0.677 bits per heavy atom. The van der Waals surface area contributed by atoms with Gasteiger partial charge in [0.25, 0.3) is 0 Å². The van der Waals surface area contributed by atoms with Crippen molar-refractivity contribution in [1.29, 1.82) is 0 Å². The molecule has 0 aliphatic heterocycles. The Kier molecular flexibility index (Phi) is 25.0. The third kappa shape index (κ3) is 32.4. The third-order valence-corrected chi connectivity index (χ3v) is 6.15. The van der Waals surface area contributed by atoms with Crippen LogP contribution in [0.5, 0.6) is 0 Å². The first-order chi connectivity index (χ1) is 14.7. The van der Waals surface area contributed by atoms with Crippen LogP contribution < -0.4 is 14.0 Å². The fraction of sp³-hybridized carbons (Fsp3) is 1.00. The zero-order valence-corrected chi connectivity index (χ0v) is 22.1. The third-order valence-electron chi connectivity index (χ3n) is 6.15. The summed E-state index contributed by atoms with van der Waals surface area (Å²) < 4.78 is 34.1. The molecule has 0 bridgehead atoms. The lowest BCUT2D eigenvalue weighted by Gasteiger charge is -2.35. The average molecular weight is 469 g/mol. The van der Waals surface area contributed by atoms with E-state index in [1.165, 1.54) is 140 Å². The van der Waals surface area contributed by atoms with Gasteiger partial charge in [-0.3, -0.25) is 0 Å². The fourth-order valence-electron chi connectivity index (χ4n) is 4.16. The van der Waals surface area contributed by atoms with Crippen molar-refractivity contribution in [2.24, 2.45) is 0 Å². The lowest BCUT2D eigenvalue weighted by atomic mass is 10.1. The van der Waals surface area contributed by atoms with Crippen molar-refractivity contribution in [2.45, 2.75) is 136 Å². The van der Waals surface area contributed by atoms with Gasteiger partial charge in [0.1, 0.15) is 0 Å². The lowest BCUT2D eigenvalue weighted by Crippen LogP contribution is -2.58. The maximum atomic E-state index is 8.60. The van der Waals surface area contributed by atoms with Crippen molar-refractivity contribution in [3.05, 3.63) is 0 Å². The molecule has 5 nitrogen and oxygen atoms in total. The molecule has 0 aromatic heterocycles. The summed E-state index contributed by atoms with van der Waals surface area (Å²) >= 11 is 0. The average Bonchev–Trinajstić information content (AvgIpc) is 2.69. The summed E-state index contributed by atoms with van der Waals surface area (Å²) in [6.07, 6.45) is 25.9. The van der Waals surface area contributed by atoms with E-state index in [0.29, 0.717) is 0 Å². The summed E-state index contributed by atoms with van der Waals surface area (Å²) in [6, 6.07) is 0. The van der Waals surface area contributed by atoms with Gasteiger partial charge in [0, 0.05) is 0 Å². The van der Waals surface area contributed by atoms with E-state index in [0.717, 1.165) is 0 Å². The van der Waals surface area contributed by atoms with Gasteiger partial charge < -0.3 is 4.48 Å². The molecule has 0 aliphatic rings. The van der Waals surface area contributed by atoms with Crippen LogP contribution in [0.1, 0.15) is 136 Å². The minimum Gasteiger partial charge on any atom is -0.326 e. The summed E-state index contributed by atoms with van der Waals surface area (Å²) in [5.74, 6) is 0. The summed E-state index contributed by atoms with van der Waals surface area (Å²) in [5.41, 5.74) is 0. The topological polar surface area (TPSA) is 89.4 Å². The molecule has 0 saturated heterocycles. The number of quaternary nitrogens is 1. The molecule has 0 atom stereocenters. The summed E-state index contributed by atoms with van der Waals surface area (Å²) in [7, 11) is -2.13. The highest BCUT2D eigenvalue weighted by atomic mass is 35.7. The quantitative estimate of drug-likeness (QED) is 0.200. The maximum Gasteiger partial charge on any atom is 0.0784 e. The number of halogens is 1. The largest absolute Gasteiger partial charge is 0.326 e. The van der Waals surface area contributed by atoms with Crippen LogP contribution in [0.3, 0.4) is 0 Å². The normalized spacial score (nSPS) is 12.0. The molecule has 0 aliphatic carbocycles. The van der Waals surface area contributed by atoms with Gasteiger partial charge in [-0.1, -0.05) is 97.8 Å². The van der Waals surface area contributed by atoms with Gasteiger partial charge in [0.05, 0.1) is 41.6 Å². The Hall–Kier alpha value is 0.0900. The van der Waals surface area contributed by atoms with Crippen molar-refractivity contribution in [1.82, 2.24) is 0 Å². The molecule has 190 valence electrons. The van der Waals surface area contributed by atoms with Crippen LogP contribution in [0, 0.1) is 10.2 Å². The van der Waals surface area contributed by atoms with E-state index in [-0.39, 0.29) is 0 Å². The minimum atomic E-state index is -4.69. The predicted octanol–water partition coefficient (Wildman–Crippen LogP) is 4.39. The van der Waals surface area contributed by atoms with Gasteiger partial charge in [-0.25, -0.2) is 0 Å². The van der Waals surface area contributed by atoms with Gasteiger partial charge in [0.15, 0.2) is 0 Å². The van der Waals surface area contributed by atoms with Gasteiger partial charge in [-0.2, -0.15) is 14.0 Å². The van der Waals surface area contributed by atoms with Crippen LogP contribution in [0.15, 0.2) is 0 Å². The molecule has 0 saturated carbocycles. The Bertz CT molecular complexity index is 304. The first kappa shape index (κ1) is 33.3. The number of unbranched alkanes of at least 4 members (excludes halogenated alkanes) is 15. The van der Waals surface area contributed by atoms with Crippen molar-refractivity contribution >= 4 is 0 Å². The van der Waals surface area contributed by atoms with Crippen molar-refractivity contribution in [2.75, 3.05) is 26.7 Å². The van der Waals surface area contributed by atoms with E-state index in [4.69, 9.17) is 18.6 Å². The Morgan fingerprint density at radius 3 is 0.903 bits per heavy atom. The molecule has 6 heteroatoms. The van der Waals surface area contributed by atoms with Crippen LogP contribution in [-0.2, 0) is 0 Å². The fourth-order valence-corrected chi connectivity index (χ4v) is 4.16. The zero-order valence-electron chi connectivity index (χ0n) is 21.3. The first-order valence-electron chi connectivity index (χ1n) is 13.1. The molecule has 0 spiro atoms. The molecule has 1 N–H and O–H groups in total. The lowest BCUT2D eigenvalue weighted by molar-refractivity contribution is -1.92. The molecule has 0 radical (unpaired) electrons. The molecule has 0 rings (SSSR count). The molecule has 0 heterocycles. The second-order valence-electron chi connectivity index (χ2n) is 9.49.